The van der Waals surface area contributed by atoms with Crippen molar-refractivity contribution in [1.29, 1.82) is 0 Å². The first-order chi connectivity index (χ1) is 17.9. The van der Waals surface area contributed by atoms with Crippen LogP contribution in [-0.2, 0) is 26.2 Å². The lowest BCUT2D eigenvalue weighted by atomic mass is 10.1. The Hall–Kier alpha value is -3.07. The van der Waals surface area contributed by atoms with Gasteiger partial charge in [-0.1, -0.05) is 47.5 Å². The van der Waals surface area contributed by atoms with E-state index in [1.807, 2.05) is 26.8 Å². The molecule has 1 atom stereocenters. The van der Waals surface area contributed by atoms with Crippen LogP contribution in [0.2, 0.25) is 10.0 Å². The number of hydrogen-bond acceptors (Lipinski definition) is 4. The molecule has 3 rings (SSSR count). The van der Waals surface area contributed by atoms with E-state index in [0.717, 1.165) is 15.4 Å². The Morgan fingerprint density at radius 2 is 1.47 bits per heavy atom. The highest BCUT2D eigenvalue weighted by Crippen LogP contribution is 2.26. The van der Waals surface area contributed by atoms with Crippen LogP contribution in [0.1, 0.15) is 31.9 Å². The van der Waals surface area contributed by atoms with Crippen molar-refractivity contribution in [2.75, 3.05) is 10.8 Å². The Morgan fingerprint density at radius 3 is 2.03 bits per heavy atom. The normalized spacial score (nSPS) is 12.2. The van der Waals surface area contributed by atoms with Crippen molar-refractivity contribution in [2.45, 2.75) is 51.2 Å². The summed E-state index contributed by atoms with van der Waals surface area (Å²) < 4.78 is 28.6. The van der Waals surface area contributed by atoms with Gasteiger partial charge in [0, 0.05) is 22.6 Å². The Kier molecular flexibility index (Phi) is 9.82. The molecule has 0 fully saturated rings. The molecule has 0 heterocycles. The van der Waals surface area contributed by atoms with Gasteiger partial charge in [0.15, 0.2) is 0 Å². The molecule has 202 valence electrons. The van der Waals surface area contributed by atoms with Crippen LogP contribution >= 0.6 is 23.2 Å². The summed E-state index contributed by atoms with van der Waals surface area (Å²) in [7, 11) is -4.15. The number of anilines is 1. The largest absolute Gasteiger partial charge is 0.352 e. The molecular weight excluding hydrogens is 545 g/mol. The highest BCUT2D eigenvalue weighted by Gasteiger charge is 2.32. The topological polar surface area (TPSA) is 86.8 Å². The maximum Gasteiger partial charge on any atom is 0.264 e. The van der Waals surface area contributed by atoms with Crippen LogP contribution in [0.5, 0.6) is 0 Å². The van der Waals surface area contributed by atoms with E-state index in [2.05, 4.69) is 5.32 Å². The molecule has 1 unspecified atom stereocenters. The molecule has 7 nitrogen and oxygen atoms in total. The van der Waals surface area contributed by atoms with Crippen LogP contribution in [0.25, 0.3) is 0 Å². The third-order valence-electron chi connectivity index (χ3n) is 5.83. The first-order valence-corrected chi connectivity index (χ1v) is 14.3. The van der Waals surface area contributed by atoms with Crippen molar-refractivity contribution in [1.82, 2.24) is 10.2 Å². The van der Waals surface area contributed by atoms with Crippen molar-refractivity contribution in [2.24, 2.45) is 0 Å². The Bertz CT molecular complexity index is 1380. The Morgan fingerprint density at radius 1 is 0.895 bits per heavy atom. The molecule has 0 aliphatic carbocycles. The second-order valence-electron chi connectivity index (χ2n) is 9.29. The van der Waals surface area contributed by atoms with Crippen molar-refractivity contribution in [3.63, 3.8) is 0 Å². The highest BCUT2D eigenvalue weighted by molar-refractivity contribution is 7.92. The summed E-state index contributed by atoms with van der Waals surface area (Å²) in [6.45, 7) is 6.69. The van der Waals surface area contributed by atoms with Gasteiger partial charge in [0.25, 0.3) is 10.0 Å². The van der Waals surface area contributed by atoms with E-state index in [4.69, 9.17) is 23.2 Å². The van der Waals surface area contributed by atoms with Crippen LogP contribution in [0.15, 0.2) is 77.7 Å². The SMILES string of the molecule is Cc1cccc(N(CC(=O)N(Cc2ccc(Cl)cc2)C(C)C(=O)NC(C)C)S(=O)(=O)c2ccc(Cl)cc2)c1. The molecule has 1 N–H and O–H groups in total. The number of rotatable bonds is 10. The predicted molar refractivity (Wildman–Crippen MR) is 152 cm³/mol. The molecule has 0 saturated carbocycles. The van der Waals surface area contributed by atoms with Gasteiger partial charge in [-0.2, -0.15) is 0 Å². The summed E-state index contributed by atoms with van der Waals surface area (Å²) in [6, 6.07) is 18.6. The van der Waals surface area contributed by atoms with Gasteiger partial charge in [0.1, 0.15) is 12.6 Å². The molecule has 10 heteroatoms. The van der Waals surface area contributed by atoms with Gasteiger partial charge in [-0.15, -0.1) is 0 Å². The number of nitrogens with one attached hydrogen (secondary N) is 1. The number of hydrogen-bond donors (Lipinski definition) is 1. The molecule has 0 aliphatic rings. The third kappa shape index (κ3) is 7.49. The number of aryl methyl sites for hydroxylation is 1. The minimum atomic E-state index is -4.15. The zero-order valence-electron chi connectivity index (χ0n) is 21.7. The van der Waals surface area contributed by atoms with E-state index in [1.54, 1.807) is 49.4 Å². The van der Waals surface area contributed by atoms with E-state index < -0.39 is 28.5 Å². The fraction of sp³-hybridized carbons (Fsp3) is 0.286. The first-order valence-electron chi connectivity index (χ1n) is 12.1. The minimum Gasteiger partial charge on any atom is -0.352 e. The number of halogens is 2. The first kappa shape index (κ1) is 29.5. The third-order valence-corrected chi connectivity index (χ3v) is 8.13. The zero-order chi connectivity index (χ0) is 28.0. The quantitative estimate of drug-likeness (QED) is 0.348. The molecular formula is C28H31Cl2N3O4S. The monoisotopic (exact) mass is 575 g/mol. The van der Waals surface area contributed by atoms with Gasteiger partial charge in [-0.3, -0.25) is 13.9 Å². The second-order valence-corrected chi connectivity index (χ2v) is 12.0. The lowest BCUT2D eigenvalue weighted by molar-refractivity contribution is -0.139. The number of carbonyl (C=O) groups is 2. The maximum absolute atomic E-state index is 13.8. The van der Waals surface area contributed by atoms with E-state index in [9.17, 15) is 18.0 Å². The Labute approximate surface area is 234 Å². The summed E-state index contributed by atoms with van der Waals surface area (Å²) in [5.74, 6) is -0.879. The number of amides is 2. The maximum atomic E-state index is 13.8. The number of benzene rings is 3. The predicted octanol–water partition coefficient (Wildman–Crippen LogP) is 5.44. The van der Waals surface area contributed by atoms with Crippen molar-refractivity contribution in [3.05, 3.63) is 94.0 Å². The van der Waals surface area contributed by atoms with Crippen LogP contribution in [-0.4, -0.2) is 43.8 Å². The van der Waals surface area contributed by atoms with Crippen molar-refractivity contribution >= 4 is 50.7 Å². The molecule has 2 amide bonds. The van der Waals surface area contributed by atoms with E-state index >= 15 is 0 Å². The molecule has 0 radical (unpaired) electrons. The molecule has 3 aromatic carbocycles. The summed E-state index contributed by atoms with van der Waals surface area (Å²) >= 11 is 12.0. The van der Waals surface area contributed by atoms with Crippen LogP contribution in [0.3, 0.4) is 0 Å². The van der Waals surface area contributed by atoms with Gasteiger partial charge in [-0.05, 0) is 87.4 Å². The lowest BCUT2D eigenvalue weighted by Gasteiger charge is -2.32. The lowest BCUT2D eigenvalue weighted by Crippen LogP contribution is -2.52. The van der Waals surface area contributed by atoms with Crippen LogP contribution < -0.4 is 9.62 Å². The van der Waals surface area contributed by atoms with E-state index in [1.165, 1.54) is 29.2 Å². The summed E-state index contributed by atoms with van der Waals surface area (Å²) in [4.78, 5) is 28.1. The number of nitrogens with zero attached hydrogens (tertiary/aromatic N) is 2. The van der Waals surface area contributed by atoms with Gasteiger partial charge in [-0.25, -0.2) is 8.42 Å². The number of sulfonamides is 1. The number of carbonyl (C=O) groups excluding carboxylic acids is 2. The average molecular weight is 577 g/mol. The molecule has 0 saturated heterocycles. The fourth-order valence-corrected chi connectivity index (χ4v) is 5.48. The highest BCUT2D eigenvalue weighted by atomic mass is 35.5. The van der Waals surface area contributed by atoms with Gasteiger partial charge < -0.3 is 10.2 Å². The average Bonchev–Trinajstić information content (AvgIpc) is 2.86. The molecule has 0 bridgehead atoms. The fourth-order valence-electron chi connectivity index (χ4n) is 3.82. The molecule has 0 spiro atoms. The zero-order valence-corrected chi connectivity index (χ0v) is 24.0. The van der Waals surface area contributed by atoms with Crippen LogP contribution in [0.4, 0.5) is 5.69 Å². The molecule has 0 aliphatic heterocycles. The van der Waals surface area contributed by atoms with Crippen molar-refractivity contribution in [3.8, 4) is 0 Å². The Balaban J connectivity index is 2.03. The second kappa shape index (κ2) is 12.7. The van der Waals surface area contributed by atoms with E-state index in [-0.39, 0.29) is 23.4 Å². The summed E-state index contributed by atoms with van der Waals surface area (Å²) in [6.07, 6.45) is 0. The molecule has 0 aromatic heterocycles. The minimum absolute atomic E-state index is 0.00828. The van der Waals surface area contributed by atoms with E-state index in [0.29, 0.717) is 15.7 Å². The van der Waals surface area contributed by atoms with Gasteiger partial charge in [0.05, 0.1) is 10.6 Å². The smallest absolute Gasteiger partial charge is 0.264 e. The van der Waals surface area contributed by atoms with Crippen molar-refractivity contribution < 1.29 is 18.0 Å². The van der Waals surface area contributed by atoms with Crippen LogP contribution in [0, 0.1) is 6.92 Å². The molecule has 38 heavy (non-hydrogen) atoms. The summed E-state index contributed by atoms with van der Waals surface area (Å²) in [5.41, 5.74) is 1.91. The standard InChI is InChI=1S/C28H31Cl2N3O4S/c1-19(2)31-28(35)21(4)32(17-22-8-10-23(29)11-9-22)27(34)18-33(25-7-5-6-20(3)16-25)38(36,37)26-14-12-24(30)13-15-26/h5-16,19,21H,17-18H2,1-4H3,(H,31,35). The van der Waals surface area contributed by atoms with Gasteiger partial charge >= 0.3 is 0 Å². The summed E-state index contributed by atoms with van der Waals surface area (Å²) in [5, 5.41) is 3.76. The van der Waals surface area contributed by atoms with Gasteiger partial charge in [0.2, 0.25) is 11.8 Å². The molecule has 3 aromatic rings.